The Morgan fingerprint density at radius 2 is 2.00 bits per heavy atom. The van der Waals surface area contributed by atoms with Gasteiger partial charge in [0.25, 0.3) is 0 Å². The maximum absolute atomic E-state index is 11.9. The molecule has 0 saturated heterocycles. The standard InChI is InChI=1S/C11H11ClN2O2S/c1-2-17(15,16)11-9(7-13-14-11)8-5-3-4-6-10(8)12/h3-7H,2H2,1H3,(H,13,14). The van der Waals surface area contributed by atoms with Crippen LogP contribution in [0.3, 0.4) is 0 Å². The third-order valence-electron chi connectivity index (χ3n) is 2.46. The Hall–Kier alpha value is -1.33. The summed E-state index contributed by atoms with van der Waals surface area (Å²) in [6, 6.07) is 7.07. The molecular formula is C11H11ClN2O2S. The summed E-state index contributed by atoms with van der Waals surface area (Å²) < 4.78 is 23.7. The summed E-state index contributed by atoms with van der Waals surface area (Å²) in [6.07, 6.45) is 1.48. The molecule has 1 aromatic carbocycles. The molecule has 0 fully saturated rings. The van der Waals surface area contributed by atoms with Gasteiger partial charge < -0.3 is 0 Å². The molecule has 2 rings (SSSR count). The van der Waals surface area contributed by atoms with Crippen LogP contribution in [0.4, 0.5) is 0 Å². The lowest BCUT2D eigenvalue weighted by atomic mass is 10.1. The van der Waals surface area contributed by atoms with Gasteiger partial charge in [-0.25, -0.2) is 8.42 Å². The lowest BCUT2D eigenvalue weighted by Crippen LogP contribution is -2.05. The van der Waals surface area contributed by atoms with Crippen molar-refractivity contribution >= 4 is 21.4 Å². The van der Waals surface area contributed by atoms with Crippen molar-refractivity contribution in [2.24, 2.45) is 0 Å². The summed E-state index contributed by atoms with van der Waals surface area (Å²) >= 11 is 6.04. The van der Waals surface area contributed by atoms with Gasteiger partial charge in [-0.2, -0.15) is 5.10 Å². The fourth-order valence-corrected chi connectivity index (χ4v) is 2.74. The minimum Gasteiger partial charge on any atom is -0.267 e. The molecule has 1 aromatic heterocycles. The molecule has 2 aromatic rings. The molecule has 4 nitrogen and oxygen atoms in total. The minimum atomic E-state index is -3.33. The minimum absolute atomic E-state index is 0.0205. The van der Waals surface area contributed by atoms with E-state index in [9.17, 15) is 8.42 Å². The zero-order valence-corrected chi connectivity index (χ0v) is 10.7. The van der Waals surface area contributed by atoms with Crippen LogP contribution >= 0.6 is 11.6 Å². The van der Waals surface area contributed by atoms with Crippen LogP contribution in [0.1, 0.15) is 6.92 Å². The molecule has 90 valence electrons. The number of sulfone groups is 1. The molecule has 0 atom stereocenters. The highest BCUT2D eigenvalue weighted by molar-refractivity contribution is 7.91. The molecule has 1 N–H and O–H groups in total. The van der Waals surface area contributed by atoms with Gasteiger partial charge in [0.15, 0.2) is 14.9 Å². The number of nitrogens with zero attached hydrogens (tertiary/aromatic N) is 1. The van der Waals surface area contributed by atoms with E-state index >= 15 is 0 Å². The predicted octanol–water partition coefficient (Wildman–Crippen LogP) is 2.52. The summed E-state index contributed by atoms with van der Waals surface area (Å²) in [6.45, 7) is 1.59. The number of rotatable bonds is 3. The van der Waals surface area contributed by atoms with Gasteiger partial charge in [0.1, 0.15) is 0 Å². The summed E-state index contributed by atoms with van der Waals surface area (Å²) in [4.78, 5) is 0. The van der Waals surface area contributed by atoms with Crippen molar-refractivity contribution in [1.29, 1.82) is 0 Å². The van der Waals surface area contributed by atoms with Crippen LogP contribution in [-0.2, 0) is 9.84 Å². The second kappa shape index (κ2) is 4.50. The fourth-order valence-electron chi connectivity index (χ4n) is 1.53. The Bertz CT molecular complexity index is 634. The van der Waals surface area contributed by atoms with E-state index in [0.29, 0.717) is 16.1 Å². The Balaban J connectivity index is 2.64. The van der Waals surface area contributed by atoms with Crippen molar-refractivity contribution in [1.82, 2.24) is 10.2 Å². The van der Waals surface area contributed by atoms with E-state index in [4.69, 9.17) is 11.6 Å². The number of halogens is 1. The maximum Gasteiger partial charge on any atom is 0.195 e. The average molecular weight is 271 g/mol. The lowest BCUT2D eigenvalue weighted by molar-refractivity contribution is 0.593. The normalized spacial score (nSPS) is 11.6. The predicted molar refractivity (Wildman–Crippen MR) is 66.8 cm³/mol. The van der Waals surface area contributed by atoms with Crippen LogP contribution < -0.4 is 0 Å². The highest BCUT2D eigenvalue weighted by atomic mass is 35.5. The number of aromatic nitrogens is 2. The number of nitrogens with one attached hydrogen (secondary N) is 1. The van der Waals surface area contributed by atoms with Crippen LogP contribution in [0.25, 0.3) is 11.1 Å². The molecule has 0 amide bonds. The van der Waals surface area contributed by atoms with E-state index in [2.05, 4.69) is 10.2 Å². The SMILES string of the molecule is CCS(=O)(=O)c1[nH]ncc1-c1ccccc1Cl. The Morgan fingerprint density at radius 3 is 2.65 bits per heavy atom. The maximum atomic E-state index is 11.9. The zero-order chi connectivity index (χ0) is 12.5. The Morgan fingerprint density at radius 1 is 1.29 bits per heavy atom. The first-order valence-electron chi connectivity index (χ1n) is 5.07. The van der Waals surface area contributed by atoms with Gasteiger partial charge in [0.05, 0.1) is 11.9 Å². The lowest BCUT2D eigenvalue weighted by Gasteiger charge is -2.04. The monoisotopic (exact) mass is 270 g/mol. The first kappa shape index (κ1) is 12.1. The van der Waals surface area contributed by atoms with Crippen LogP contribution in [-0.4, -0.2) is 24.4 Å². The van der Waals surface area contributed by atoms with Gasteiger partial charge in [-0.1, -0.05) is 36.7 Å². The Labute approximate surface area is 105 Å². The zero-order valence-electron chi connectivity index (χ0n) is 9.14. The summed E-state index contributed by atoms with van der Waals surface area (Å²) in [5, 5.41) is 6.94. The highest BCUT2D eigenvalue weighted by Crippen LogP contribution is 2.31. The number of hydrogen-bond donors (Lipinski definition) is 1. The van der Waals surface area contributed by atoms with E-state index in [1.165, 1.54) is 6.20 Å². The molecule has 0 unspecified atom stereocenters. The topological polar surface area (TPSA) is 62.8 Å². The van der Waals surface area contributed by atoms with Gasteiger partial charge in [0.2, 0.25) is 0 Å². The molecule has 0 spiro atoms. The fraction of sp³-hybridized carbons (Fsp3) is 0.182. The van der Waals surface area contributed by atoms with Crippen molar-refractivity contribution in [2.75, 3.05) is 5.75 Å². The third-order valence-corrected chi connectivity index (χ3v) is 4.48. The first-order chi connectivity index (χ1) is 8.06. The number of H-pyrrole nitrogens is 1. The molecule has 17 heavy (non-hydrogen) atoms. The van der Waals surface area contributed by atoms with Crippen LogP contribution in [0.5, 0.6) is 0 Å². The van der Waals surface area contributed by atoms with Gasteiger partial charge in [-0.05, 0) is 6.07 Å². The van der Waals surface area contributed by atoms with Crippen molar-refractivity contribution in [3.63, 3.8) is 0 Å². The van der Waals surface area contributed by atoms with Gasteiger partial charge in [0, 0.05) is 16.1 Å². The average Bonchev–Trinajstić information content (AvgIpc) is 2.79. The largest absolute Gasteiger partial charge is 0.267 e. The van der Waals surface area contributed by atoms with Gasteiger partial charge >= 0.3 is 0 Å². The van der Waals surface area contributed by atoms with Crippen molar-refractivity contribution in [2.45, 2.75) is 11.9 Å². The smallest absolute Gasteiger partial charge is 0.195 e. The molecule has 0 radical (unpaired) electrons. The third kappa shape index (κ3) is 2.21. The molecule has 0 aliphatic carbocycles. The van der Waals surface area contributed by atoms with E-state index in [1.807, 2.05) is 0 Å². The van der Waals surface area contributed by atoms with Crippen LogP contribution in [0.15, 0.2) is 35.5 Å². The first-order valence-corrected chi connectivity index (χ1v) is 7.10. The van der Waals surface area contributed by atoms with E-state index in [1.54, 1.807) is 31.2 Å². The number of hydrogen-bond acceptors (Lipinski definition) is 3. The molecule has 1 heterocycles. The quantitative estimate of drug-likeness (QED) is 0.932. The van der Waals surface area contributed by atoms with Crippen molar-refractivity contribution in [3.05, 3.63) is 35.5 Å². The van der Waals surface area contributed by atoms with E-state index in [0.717, 1.165) is 0 Å². The Kier molecular flexibility index (Phi) is 3.22. The number of benzene rings is 1. The molecular weight excluding hydrogens is 260 g/mol. The second-order valence-electron chi connectivity index (χ2n) is 3.50. The summed E-state index contributed by atoms with van der Waals surface area (Å²) in [5.41, 5.74) is 1.17. The van der Waals surface area contributed by atoms with Gasteiger partial charge in [-0.15, -0.1) is 0 Å². The molecule has 0 bridgehead atoms. The molecule has 0 aliphatic heterocycles. The summed E-state index contributed by atoms with van der Waals surface area (Å²) in [7, 11) is -3.33. The molecule has 0 saturated carbocycles. The number of aromatic amines is 1. The summed E-state index contributed by atoms with van der Waals surface area (Å²) in [5.74, 6) is 0.0205. The van der Waals surface area contributed by atoms with Gasteiger partial charge in [-0.3, -0.25) is 5.10 Å². The molecule has 6 heteroatoms. The van der Waals surface area contributed by atoms with Crippen LogP contribution in [0, 0.1) is 0 Å². The van der Waals surface area contributed by atoms with E-state index in [-0.39, 0.29) is 10.8 Å². The molecule has 0 aliphatic rings. The van der Waals surface area contributed by atoms with Crippen LogP contribution in [0.2, 0.25) is 5.02 Å². The second-order valence-corrected chi connectivity index (χ2v) is 6.12. The van der Waals surface area contributed by atoms with E-state index < -0.39 is 9.84 Å². The van der Waals surface area contributed by atoms with Crippen molar-refractivity contribution in [3.8, 4) is 11.1 Å². The van der Waals surface area contributed by atoms with Crippen molar-refractivity contribution < 1.29 is 8.42 Å². The highest BCUT2D eigenvalue weighted by Gasteiger charge is 2.20.